The van der Waals surface area contributed by atoms with Crippen molar-refractivity contribution in [2.24, 2.45) is 7.05 Å². The van der Waals surface area contributed by atoms with E-state index in [1.807, 2.05) is 17.8 Å². The van der Waals surface area contributed by atoms with Crippen molar-refractivity contribution in [3.63, 3.8) is 0 Å². The van der Waals surface area contributed by atoms with Gasteiger partial charge in [0.25, 0.3) is 0 Å². The molecule has 0 aromatic carbocycles. The van der Waals surface area contributed by atoms with E-state index in [1.54, 1.807) is 12.4 Å². The minimum Gasteiger partial charge on any atom is -0.332 e. The Kier molecular flexibility index (Phi) is 2.17. The van der Waals surface area contributed by atoms with Gasteiger partial charge in [-0.15, -0.1) is 11.3 Å². The predicted molar refractivity (Wildman–Crippen MR) is 54.3 cm³/mol. The van der Waals surface area contributed by atoms with Crippen molar-refractivity contribution in [3.8, 4) is 10.8 Å². The minimum atomic E-state index is 0.0444. The largest absolute Gasteiger partial charge is 0.332 e. The average Bonchev–Trinajstić information content (AvgIpc) is 2.71. The Labute approximate surface area is 85.2 Å². The maximum Gasteiger partial charge on any atom is 0.171 e. The Balaban J connectivity index is 2.43. The highest BCUT2D eigenvalue weighted by atomic mass is 32.1. The van der Waals surface area contributed by atoms with Crippen LogP contribution in [-0.4, -0.2) is 20.3 Å². The first-order chi connectivity index (χ1) is 6.68. The van der Waals surface area contributed by atoms with Crippen molar-refractivity contribution in [3.05, 3.63) is 23.5 Å². The van der Waals surface area contributed by atoms with Crippen LogP contribution in [0.1, 0.15) is 16.6 Å². The molecule has 14 heavy (non-hydrogen) atoms. The number of carbonyl (C=O) groups excluding carboxylic acids is 1. The van der Waals surface area contributed by atoms with Crippen molar-refractivity contribution in [1.29, 1.82) is 0 Å². The van der Waals surface area contributed by atoms with Gasteiger partial charge in [0, 0.05) is 32.6 Å². The molecule has 0 aliphatic rings. The number of aryl methyl sites for hydroxylation is 1. The third kappa shape index (κ3) is 1.46. The first-order valence-corrected chi connectivity index (χ1v) is 4.94. The van der Waals surface area contributed by atoms with E-state index in [9.17, 15) is 4.79 Å². The second-order valence-corrected chi connectivity index (χ2v) is 3.98. The average molecular weight is 207 g/mol. The van der Waals surface area contributed by atoms with Gasteiger partial charge in [0.15, 0.2) is 16.6 Å². The van der Waals surface area contributed by atoms with Crippen LogP contribution < -0.4 is 0 Å². The highest BCUT2D eigenvalue weighted by molar-refractivity contribution is 7.16. The predicted octanol–water partition coefficient (Wildman–Crippen LogP) is 1.75. The fraction of sp³-hybridized carbons (Fsp3) is 0.222. The number of carbonyl (C=O) groups is 1. The minimum absolute atomic E-state index is 0.0444. The topological polar surface area (TPSA) is 47.8 Å². The molecule has 0 unspecified atom stereocenters. The summed E-state index contributed by atoms with van der Waals surface area (Å²) in [6.07, 6.45) is 5.16. The molecule has 0 radical (unpaired) electrons. The van der Waals surface area contributed by atoms with Crippen LogP contribution in [0.5, 0.6) is 0 Å². The lowest BCUT2D eigenvalue weighted by Crippen LogP contribution is -1.89. The molecular weight excluding hydrogens is 198 g/mol. The van der Waals surface area contributed by atoms with Crippen LogP contribution in [0.2, 0.25) is 0 Å². The van der Waals surface area contributed by atoms with Gasteiger partial charge in [0.2, 0.25) is 0 Å². The summed E-state index contributed by atoms with van der Waals surface area (Å²) < 4.78 is 1.88. The van der Waals surface area contributed by atoms with Gasteiger partial charge in [-0.2, -0.15) is 0 Å². The smallest absolute Gasteiger partial charge is 0.171 e. The maximum absolute atomic E-state index is 11.1. The van der Waals surface area contributed by atoms with Crippen LogP contribution in [-0.2, 0) is 7.05 Å². The summed E-state index contributed by atoms with van der Waals surface area (Å²) in [7, 11) is 1.90. The van der Waals surface area contributed by atoms with Gasteiger partial charge in [-0.25, -0.2) is 9.97 Å². The zero-order valence-corrected chi connectivity index (χ0v) is 8.71. The van der Waals surface area contributed by atoms with E-state index in [-0.39, 0.29) is 5.78 Å². The molecule has 5 heteroatoms. The molecule has 0 saturated heterocycles. The Hall–Kier alpha value is -1.49. The summed E-state index contributed by atoms with van der Waals surface area (Å²) in [5, 5.41) is 0.780. The second-order valence-electron chi connectivity index (χ2n) is 2.95. The van der Waals surface area contributed by atoms with Gasteiger partial charge in [-0.3, -0.25) is 4.79 Å². The molecule has 0 spiro atoms. The van der Waals surface area contributed by atoms with Gasteiger partial charge in [0.1, 0.15) is 0 Å². The number of hydrogen-bond donors (Lipinski definition) is 0. The Morgan fingerprint density at radius 2 is 2.29 bits per heavy atom. The number of thiazole rings is 1. The summed E-state index contributed by atoms with van der Waals surface area (Å²) in [5.74, 6) is 0.838. The third-order valence-electron chi connectivity index (χ3n) is 1.87. The van der Waals surface area contributed by atoms with Crippen molar-refractivity contribution in [2.45, 2.75) is 6.92 Å². The lowest BCUT2D eigenvalue weighted by Gasteiger charge is -1.94. The van der Waals surface area contributed by atoms with Crippen LogP contribution in [0, 0.1) is 0 Å². The van der Waals surface area contributed by atoms with Crippen LogP contribution in [0.3, 0.4) is 0 Å². The summed E-state index contributed by atoms with van der Waals surface area (Å²) in [5.41, 5.74) is 0. The maximum atomic E-state index is 11.1. The van der Waals surface area contributed by atoms with Crippen LogP contribution in [0.25, 0.3) is 10.8 Å². The Bertz CT molecular complexity index is 472. The molecule has 2 heterocycles. The molecule has 0 N–H and O–H groups in total. The number of aromatic nitrogens is 3. The van der Waals surface area contributed by atoms with Crippen LogP contribution >= 0.6 is 11.3 Å². The van der Waals surface area contributed by atoms with Gasteiger partial charge in [-0.1, -0.05) is 0 Å². The van der Waals surface area contributed by atoms with E-state index in [4.69, 9.17) is 0 Å². The fourth-order valence-electron chi connectivity index (χ4n) is 1.11. The molecule has 0 saturated carbocycles. The molecule has 2 rings (SSSR count). The highest BCUT2D eigenvalue weighted by Crippen LogP contribution is 2.23. The summed E-state index contributed by atoms with van der Waals surface area (Å²) >= 11 is 1.37. The number of ketones is 1. The molecule has 2 aromatic heterocycles. The summed E-state index contributed by atoms with van der Waals surface area (Å²) in [6.45, 7) is 1.54. The zero-order chi connectivity index (χ0) is 10.1. The van der Waals surface area contributed by atoms with Gasteiger partial charge in [-0.05, 0) is 0 Å². The lowest BCUT2D eigenvalue weighted by molar-refractivity contribution is 0.102. The monoisotopic (exact) mass is 207 g/mol. The second kappa shape index (κ2) is 3.34. The molecule has 0 aliphatic carbocycles. The normalized spacial score (nSPS) is 10.4. The van der Waals surface area contributed by atoms with E-state index >= 15 is 0 Å². The molecule has 0 amide bonds. The first kappa shape index (κ1) is 9.08. The highest BCUT2D eigenvalue weighted by Gasteiger charge is 2.10. The third-order valence-corrected chi connectivity index (χ3v) is 2.96. The first-order valence-electron chi connectivity index (χ1n) is 4.13. The molecule has 0 aliphatic heterocycles. The molecule has 2 aromatic rings. The van der Waals surface area contributed by atoms with Crippen LogP contribution in [0.15, 0.2) is 18.6 Å². The SMILES string of the molecule is CC(=O)c1cnc(-c2nccn2C)s1. The summed E-state index contributed by atoms with van der Waals surface area (Å²) in [6, 6.07) is 0. The van der Waals surface area contributed by atoms with Crippen molar-refractivity contribution in [2.75, 3.05) is 0 Å². The van der Waals surface area contributed by atoms with Gasteiger partial charge >= 0.3 is 0 Å². The lowest BCUT2D eigenvalue weighted by atomic mass is 10.4. The Morgan fingerprint density at radius 3 is 2.79 bits per heavy atom. The molecule has 0 atom stereocenters. The van der Waals surface area contributed by atoms with E-state index in [2.05, 4.69) is 9.97 Å². The molecule has 0 fully saturated rings. The molecule has 72 valence electrons. The fourth-order valence-corrected chi connectivity index (χ4v) is 1.96. The quantitative estimate of drug-likeness (QED) is 0.705. The van der Waals surface area contributed by atoms with E-state index < -0.39 is 0 Å². The van der Waals surface area contributed by atoms with E-state index in [0.717, 1.165) is 10.8 Å². The van der Waals surface area contributed by atoms with Gasteiger partial charge in [0.05, 0.1) is 4.88 Å². The molecule has 0 bridgehead atoms. The van der Waals surface area contributed by atoms with E-state index in [0.29, 0.717) is 4.88 Å². The number of nitrogens with zero attached hydrogens (tertiary/aromatic N) is 3. The number of hydrogen-bond acceptors (Lipinski definition) is 4. The summed E-state index contributed by atoms with van der Waals surface area (Å²) in [4.78, 5) is 20.0. The molecular formula is C9H9N3OS. The van der Waals surface area contributed by atoms with E-state index in [1.165, 1.54) is 18.3 Å². The Morgan fingerprint density at radius 1 is 1.50 bits per heavy atom. The van der Waals surface area contributed by atoms with Crippen molar-refractivity contribution in [1.82, 2.24) is 14.5 Å². The zero-order valence-electron chi connectivity index (χ0n) is 7.89. The standard InChI is InChI=1S/C9H9N3OS/c1-6(13)7-5-11-9(14-7)8-10-3-4-12(8)2/h3-5H,1-2H3. The van der Waals surface area contributed by atoms with Crippen molar-refractivity contribution < 1.29 is 4.79 Å². The number of rotatable bonds is 2. The van der Waals surface area contributed by atoms with Gasteiger partial charge < -0.3 is 4.57 Å². The van der Waals surface area contributed by atoms with Crippen LogP contribution in [0.4, 0.5) is 0 Å². The number of Topliss-reactive ketones (excluding diaryl/α,β-unsaturated/α-hetero) is 1. The molecule has 4 nitrogen and oxygen atoms in total. The number of imidazole rings is 1. The van der Waals surface area contributed by atoms with Crippen molar-refractivity contribution >= 4 is 17.1 Å².